The molecule has 0 saturated carbocycles. The van der Waals surface area contributed by atoms with Crippen molar-refractivity contribution in [2.24, 2.45) is 0 Å². The van der Waals surface area contributed by atoms with E-state index in [-0.39, 0.29) is 24.8 Å². The lowest BCUT2D eigenvalue weighted by Crippen LogP contribution is -2.99. The number of fused-ring (bicyclic) bond motifs is 1. The maximum absolute atomic E-state index is 11.6. The molecule has 2 aliphatic rings. The van der Waals surface area contributed by atoms with Crippen LogP contribution in [0.4, 0.5) is 5.69 Å². The molecule has 1 amide bonds. The van der Waals surface area contributed by atoms with Crippen molar-refractivity contribution < 1.29 is 39.3 Å². The zero-order valence-electron chi connectivity index (χ0n) is 16.0. The Hall–Kier alpha value is -1.63. The third-order valence-corrected chi connectivity index (χ3v) is 4.67. The zero-order chi connectivity index (χ0) is 20.5. The van der Waals surface area contributed by atoms with Gasteiger partial charge in [0.1, 0.15) is 24.4 Å². The van der Waals surface area contributed by atoms with E-state index >= 15 is 0 Å². The van der Waals surface area contributed by atoms with Crippen LogP contribution in [0.2, 0.25) is 0 Å². The Kier molecular flexibility index (Phi) is 6.32. The SMILES string of the molecule is CC(=O)N[C@@H]1[C@@H](OCc2ccc([NH+]([O-])O)cc2)O[C@@H]2COC(C)(C)O[C@H]2[C@@H]1O. The second kappa shape index (κ2) is 8.39. The highest BCUT2D eigenvalue weighted by Crippen LogP contribution is 2.33. The topological polar surface area (TPSA) is 134 Å². The quantitative estimate of drug-likeness (QED) is 0.481. The van der Waals surface area contributed by atoms with Crippen molar-refractivity contribution in [3.05, 3.63) is 35.0 Å². The lowest BCUT2D eigenvalue weighted by atomic mass is 9.95. The first-order valence-electron chi connectivity index (χ1n) is 9.02. The van der Waals surface area contributed by atoms with Gasteiger partial charge in [0.25, 0.3) is 0 Å². The summed E-state index contributed by atoms with van der Waals surface area (Å²) in [6.07, 6.45) is -3.19. The molecule has 0 radical (unpaired) electrons. The minimum absolute atomic E-state index is 0.109. The molecule has 0 bridgehead atoms. The largest absolute Gasteiger partial charge is 0.595 e. The van der Waals surface area contributed by atoms with Crippen LogP contribution in [0.15, 0.2) is 24.3 Å². The molecule has 6 atom stereocenters. The fourth-order valence-electron chi connectivity index (χ4n) is 3.30. The van der Waals surface area contributed by atoms with Crippen LogP contribution in [-0.4, -0.2) is 59.3 Å². The van der Waals surface area contributed by atoms with Crippen LogP contribution in [0.1, 0.15) is 26.3 Å². The number of rotatable bonds is 5. The van der Waals surface area contributed by atoms with Gasteiger partial charge in [0.05, 0.1) is 13.2 Å². The molecule has 0 aliphatic carbocycles. The summed E-state index contributed by atoms with van der Waals surface area (Å²) in [6, 6.07) is 5.39. The van der Waals surface area contributed by atoms with Gasteiger partial charge < -0.3 is 34.6 Å². The summed E-state index contributed by atoms with van der Waals surface area (Å²) in [5.41, 5.74) is 0.898. The predicted octanol–water partition coefficient (Wildman–Crippen LogP) is -0.651. The van der Waals surface area contributed by atoms with E-state index < -0.39 is 41.7 Å². The van der Waals surface area contributed by atoms with E-state index in [2.05, 4.69) is 5.32 Å². The van der Waals surface area contributed by atoms with Crippen LogP contribution in [-0.2, 0) is 30.3 Å². The minimum Gasteiger partial charge on any atom is -0.595 e. The number of hydrogen-bond donors (Lipinski definition) is 4. The Morgan fingerprint density at radius 3 is 2.68 bits per heavy atom. The summed E-state index contributed by atoms with van der Waals surface area (Å²) in [7, 11) is 0. The number of amides is 1. The Morgan fingerprint density at radius 1 is 1.39 bits per heavy atom. The molecule has 2 saturated heterocycles. The van der Waals surface area contributed by atoms with Gasteiger partial charge in [-0.25, -0.2) is 5.21 Å². The number of aliphatic hydroxyl groups excluding tert-OH is 1. The Morgan fingerprint density at radius 2 is 2.07 bits per heavy atom. The van der Waals surface area contributed by atoms with Gasteiger partial charge in [-0.15, -0.1) is 0 Å². The fraction of sp³-hybridized carbons (Fsp3) is 0.611. The number of carbonyl (C=O) groups excluding carboxylic acids is 1. The van der Waals surface area contributed by atoms with E-state index in [1.54, 1.807) is 26.0 Å². The molecule has 10 nitrogen and oxygen atoms in total. The smallest absolute Gasteiger partial charge is 0.217 e. The number of quaternary nitrogens is 1. The van der Waals surface area contributed by atoms with E-state index in [4.69, 9.17) is 24.2 Å². The number of hydrogen-bond acceptors (Lipinski definition) is 8. The Balaban J connectivity index is 1.70. The van der Waals surface area contributed by atoms with Crippen LogP contribution in [0, 0.1) is 5.21 Å². The van der Waals surface area contributed by atoms with Crippen molar-refractivity contribution in [3.63, 3.8) is 0 Å². The van der Waals surface area contributed by atoms with Crippen LogP contribution in [0.5, 0.6) is 0 Å². The van der Waals surface area contributed by atoms with Crippen LogP contribution in [0.25, 0.3) is 0 Å². The highest BCUT2D eigenvalue weighted by Gasteiger charge is 2.51. The van der Waals surface area contributed by atoms with Crippen molar-refractivity contribution in [3.8, 4) is 0 Å². The standard InChI is InChI=1S/C18H26N2O8/c1-10(21)19-14-15(22)16-13(9-26-18(2,3)28-16)27-17(14)25-8-11-4-6-12(7-5-11)20(23)24/h4-7,13-17,20,22-23H,8-9H2,1-3H3,(H,19,21)/t13-,14+,15-,16-,17+/m1/s1. The van der Waals surface area contributed by atoms with E-state index in [9.17, 15) is 15.1 Å². The number of aliphatic hydroxyl groups is 1. The summed E-state index contributed by atoms with van der Waals surface area (Å²) in [6.45, 7) is 5.15. The molecule has 1 unspecified atom stereocenters. The molecular formula is C18H26N2O8. The molecule has 2 heterocycles. The number of nitrogens with one attached hydrogen (secondary N) is 2. The van der Waals surface area contributed by atoms with Gasteiger partial charge in [-0.05, 0) is 19.4 Å². The molecule has 3 rings (SSSR count). The molecule has 1 aromatic carbocycles. The fourth-order valence-corrected chi connectivity index (χ4v) is 3.30. The summed E-state index contributed by atoms with van der Waals surface area (Å²) in [5.74, 6) is -1.21. The van der Waals surface area contributed by atoms with Gasteiger partial charge >= 0.3 is 0 Å². The van der Waals surface area contributed by atoms with E-state index in [0.29, 0.717) is 0 Å². The second-order valence-electron chi connectivity index (χ2n) is 7.37. The maximum atomic E-state index is 11.6. The Bertz CT molecular complexity index is 681. The van der Waals surface area contributed by atoms with Crippen molar-refractivity contribution in [2.75, 3.05) is 6.61 Å². The molecule has 1 aromatic rings. The molecule has 28 heavy (non-hydrogen) atoms. The molecular weight excluding hydrogens is 372 g/mol. The number of ether oxygens (including phenoxy) is 4. The highest BCUT2D eigenvalue weighted by molar-refractivity contribution is 5.73. The molecule has 2 aliphatic heterocycles. The summed E-state index contributed by atoms with van der Waals surface area (Å²) < 4.78 is 23.1. The van der Waals surface area contributed by atoms with Crippen LogP contribution in [0.3, 0.4) is 0 Å². The van der Waals surface area contributed by atoms with Crippen LogP contribution < -0.4 is 10.5 Å². The van der Waals surface area contributed by atoms with Crippen molar-refractivity contribution in [1.29, 1.82) is 0 Å². The average molecular weight is 398 g/mol. The third kappa shape index (κ3) is 4.85. The Labute approximate surface area is 162 Å². The van der Waals surface area contributed by atoms with Gasteiger partial charge in [0, 0.05) is 19.1 Å². The number of carbonyl (C=O) groups is 1. The molecule has 156 valence electrons. The van der Waals surface area contributed by atoms with Crippen molar-refractivity contribution >= 4 is 11.6 Å². The molecule has 0 spiro atoms. The van der Waals surface area contributed by atoms with Gasteiger partial charge in [-0.2, -0.15) is 5.23 Å². The van der Waals surface area contributed by atoms with Crippen molar-refractivity contribution in [2.45, 2.75) is 63.8 Å². The number of benzene rings is 1. The summed E-state index contributed by atoms with van der Waals surface area (Å²) in [5, 5.41) is 32.3. The average Bonchev–Trinajstić information content (AvgIpc) is 2.63. The normalized spacial score (nSPS) is 33.0. The first-order chi connectivity index (χ1) is 13.2. The lowest BCUT2D eigenvalue weighted by molar-refractivity contribution is -0.991. The molecule has 4 N–H and O–H groups in total. The summed E-state index contributed by atoms with van der Waals surface area (Å²) >= 11 is 0. The maximum Gasteiger partial charge on any atom is 0.217 e. The summed E-state index contributed by atoms with van der Waals surface area (Å²) in [4.78, 5) is 11.6. The van der Waals surface area contributed by atoms with Gasteiger partial charge in [0.15, 0.2) is 17.8 Å². The highest BCUT2D eigenvalue weighted by atomic mass is 16.8. The first kappa shape index (κ1) is 21.1. The molecule has 2 fully saturated rings. The lowest BCUT2D eigenvalue weighted by Gasteiger charge is -2.49. The van der Waals surface area contributed by atoms with E-state index in [1.165, 1.54) is 19.1 Å². The minimum atomic E-state index is -1.05. The van der Waals surface area contributed by atoms with Crippen LogP contribution >= 0.6 is 0 Å². The molecule has 10 heteroatoms. The van der Waals surface area contributed by atoms with Gasteiger partial charge in [0.2, 0.25) is 5.91 Å². The second-order valence-corrected chi connectivity index (χ2v) is 7.37. The zero-order valence-corrected chi connectivity index (χ0v) is 16.0. The van der Waals surface area contributed by atoms with Gasteiger partial charge in [-0.3, -0.25) is 4.79 Å². The van der Waals surface area contributed by atoms with E-state index in [0.717, 1.165) is 5.56 Å². The molecule has 0 aromatic heterocycles. The van der Waals surface area contributed by atoms with E-state index in [1.807, 2.05) is 0 Å². The predicted molar refractivity (Wildman–Crippen MR) is 94.2 cm³/mol. The van der Waals surface area contributed by atoms with Crippen molar-refractivity contribution in [1.82, 2.24) is 5.32 Å². The van der Waals surface area contributed by atoms with Gasteiger partial charge in [-0.1, -0.05) is 12.1 Å². The first-order valence-corrected chi connectivity index (χ1v) is 9.02. The monoisotopic (exact) mass is 398 g/mol. The third-order valence-electron chi connectivity index (χ3n) is 4.67.